The number of hydrogen-bond donors (Lipinski definition) is 2. The molecule has 1 heterocycles. The first-order valence-electron chi connectivity index (χ1n) is 7.15. The molecule has 0 radical (unpaired) electrons. The summed E-state index contributed by atoms with van der Waals surface area (Å²) in [5.41, 5.74) is 6.12. The van der Waals surface area contributed by atoms with Crippen LogP contribution in [0.3, 0.4) is 0 Å². The Labute approximate surface area is 125 Å². The van der Waals surface area contributed by atoms with Gasteiger partial charge >= 0.3 is 0 Å². The molecule has 2 rings (SSSR count). The molecule has 0 saturated carbocycles. The topological polar surface area (TPSA) is 92.5 Å². The molecule has 3 N–H and O–H groups in total. The lowest BCUT2D eigenvalue weighted by Crippen LogP contribution is -2.26. The Morgan fingerprint density at radius 2 is 1.90 bits per heavy atom. The van der Waals surface area contributed by atoms with Gasteiger partial charge in [0.1, 0.15) is 0 Å². The summed E-state index contributed by atoms with van der Waals surface area (Å²) in [5.74, 6) is 0.0884. The van der Waals surface area contributed by atoms with Gasteiger partial charge in [0, 0.05) is 25.2 Å². The van der Waals surface area contributed by atoms with E-state index in [1.165, 1.54) is 12.1 Å². The largest absolute Gasteiger partial charge is 0.330 e. The number of hydrogen-bond acceptors (Lipinski definition) is 4. The van der Waals surface area contributed by atoms with E-state index in [0.29, 0.717) is 26.1 Å². The van der Waals surface area contributed by atoms with Crippen LogP contribution in [-0.4, -0.2) is 34.0 Å². The zero-order valence-electron chi connectivity index (χ0n) is 11.9. The molecule has 1 saturated heterocycles. The molecule has 1 aliphatic heterocycles. The van der Waals surface area contributed by atoms with Crippen LogP contribution < -0.4 is 15.4 Å². The van der Waals surface area contributed by atoms with E-state index in [4.69, 9.17) is 5.73 Å². The molecule has 6 nitrogen and oxygen atoms in total. The number of rotatable bonds is 7. The third-order valence-corrected chi connectivity index (χ3v) is 4.93. The molecule has 0 unspecified atom stereocenters. The van der Waals surface area contributed by atoms with Crippen molar-refractivity contribution < 1.29 is 13.2 Å². The fourth-order valence-corrected chi connectivity index (χ4v) is 3.36. The summed E-state index contributed by atoms with van der Waals surface area (Å²) in [5, 5.41) is 0. The molecule has 1 aromatic rings. The van der Waals surface area contributed by atoms with Gasteiger partial charge in [0.15, 0.2) is 0 Å². The van der Waals surface area contributed by atoms with E-state index in [9.17, 15) is 13.2 Å². The summed E-state index contributed by atoms with van der Waals surface area (Å²) in [4.78, 5) is 13.5. The van der Waals surface area contributed by atoms with Crippen molar-refractivity contribution in [2.24, 2.45) is 5.73 Å². The van der Waals surface area contributed by atoms with Crippen LogP contribution in [0.15, 0.2) is 29.2 Å². The molecule has 116 valence electrons. The third kappa shape index (κ3) is 4.03. The third-order valence-electron chi connectivity index (χ3n) is 3.46. The number of benzene rings is 1. The molecular formula is C14H21N3O3S. The molecule has 0 aliphatic carbocycles. The van der Waals surface area contributed by atoms with Crippen LogP contribution in [0.25, 0.3) is 0 Å². The molecule has 1 fully saturated rings. The van der Waals surface area contributed by atoms with Crippen LogP contribution >= 0.6 is 0 Å². The van der Waals surface area contributed by atoms with Crippen molar-refractivity contribution >= 4 is 21.6 Å². The predicted molar refractivity (Wildman–Crippen MR) is 81.5 cm³/mol. The van der Waals surface area contributed by atoms with Gasteiger partial charge in [-0.1, -0.05) is 0 Å². The van der Waals surface area contributed by atoms with Gasteiger partial charge in [-0.2, -0.15) is 0 Å². The van der Waals surface area contributed by atoms with Gasteiger partial charge in [-0.05, 0) is 50.1 Å². The van der Waals surface area contributed by atoms with Crippen LogP contribution in [0, 0.1) is 0 Å². The Morgan fingerprint density at radius 3 is 2.48 bits per heavy atom. The first kappa shape index (κ1) is 15.9. The molecule has 1 aromatic carbocycles. The van der Waals surface area contributed by atoms with Crippen molar-refractivity contribution in [2.45, 2.75) is 30.6 Å². The predicted octanol–water partition coefficient (Wildman–Crippen LogP) is 0.831. The highest BCUT2D eigenvalue weighted by molar-refractivity contribution is 7.89. The van der Waals surface area contributed by atoms with Gasteiger partial charge in [0.05, 0.1) is 4.90 Å². The van der Waals surface area contributed by atoms with E-state index in [-0.39, 0.29) is 10.8 Å². The molecule has 1 aliphatic rings. The number of unbranched alkanes of at least 4 members (excludes halogenated alkanes) is 1. The van der Waals surface area contributed by atoms with Crippen molar-refractivity contribution in [1.82, 2.24) is 4.72 Å². The van der Waals surface area contributed by atoms with Crippen LogP contribution in [0.2, 0.25) is 0 Å². The van der Waals surface area contributed by atoms with Gasteiger partial charge in [0.25, 0.3) is 0 Å². The second-order valence-corrected chi connectivity index (χ2v) is 6.80. The zero-order chi connectivity index (χ0) is 15.3. The normalized spacial score (nSPS) is 15.7. The van der Waals surface area contributed by atoms with Crippen LogP contribution in [0.1, 0.15) is 25.7 Å². The Kier molecular flexibility index (Phi) is 5.33. The minimum Gasteiger partial charge on any atom is -0.330 e. The van der Waals surface area contributed by atoms with Gasteiger partial charge in [-0.25, -0.2) is 13.1 Å². The standard InChI is InChI=1S/C14H21N3O3S/c15-9-1-2-10-16-21(19,20)13-7-5-12(6-8-13)17-11-3-4-14(17)18/h5-8,16H,1-4,9-11,15H2. The minimum absolute atomic E-state index is 0.0884. The molecule has 0 bridgehead atoms. The van der Waals surface area contributed by atoms with Crippen LogP contribution in [0.5, 0.6) is 0 Å². The lowest BCUT2D eigenvalue weighted by Gasteiger charge is -2.16. The summed E-state index contributed by atoms with van der Waals surface area (Å²) in [6.45, 7) is 1.63. The summed E-state index contributed by atoms with van der Waals surface area (Å²) in [7, 11) is -3.49. The lowest BCUT2D eigenvalue weighted by molar-refractivity contribution is -0.117. The fourth-order valence-electron chi connectivity index (χ4n) is 2.29. The smallest absolute Gasteiger partial charge is 0.240 e. The van der Waals surface area contributed by atoms with E-state index in [1.54, 1.807) is 17.0 Å². The number of carbonyl (C=O) groups excluding carboxylic acids is 1. The van der Waals surface area contributed by atoms with E-state index >= 15 is 0 Å². The number of sulfonamides is 1. The average Bonchev–Trinajstić information content (AvgIpc) is 2.90. The Hall–Kier alpha value is -1.44. The quantitative estimate of drug-likeness (QED) is 0.730. The molecule has 21 heavy (non-hydrogen) atoms. The number of anilines is 1. The number of nitrogens with one attached hydrogen (secondary N) is 1. The SMILES string of the molecule is NCCCCNS(=O)(=O)c1ccc(N2CCCC2=O)cc1. The molecular weight excluding hydrogens is 290 g/mol. The Balaban J connectivity index is 2.02. The van der Waals surface area contributed by atoms with E-state index in [2.05, 4.69) is 4.72 Å². The maximum absolute atomic E-state index is 12.1. The number of carbonyl (C=O) groups is 1. The highest BCUT2D eigenvalue weighted by Gasteiger charge is 2.22. The monoisotopic (exact) mass is 311 g/mol. The number of nitrogens with zero attached hydrogens (tertiary/aromatic N) is 1. The van der Waals surface area contributed by atoms with E-state index in [1.807, 2.05) is 0 Å². The Bertz CT molecular complexity index is 584. The molecule has 7 heteroatoms. The molecule has 0 atom stereocenters. The van der Waals surface area contributed by atoms with Gasteiger partial charge in [0.2, 0.25) is 15.9 Å². The van der Waals surface area contributed by atoms with E-state index < -0.39 is 10.0 Å². The maximum atomic E-state index is 12.1. The molecule has 0 spiro atoms. The van der Waals surface area contributed by atoms with Crippen LogP contribution in [-0.2, 0) is 14.8 Å². The number of nitrogens with two attached hydrogens (primary N) is 1. The van der Waals surface area contributed by atoms with Crippen LogP contribution in [0.4, 0.5) is 5.69 Å². The van der Waals surface area contributed by atoms with Crippen molar-refractivity contribution in [2.75, 3.05) is 24.5 Å². The van der Waals surface area contributed by atoms with Crippen molar-refractivity contribution in [3.05, 3.63) is 24.3 Å². The first-order chi connectivity index (χ1) is 10.0. The molecule has 1 amide bonds. The minimum atomic E-state index is -3.49. The lowest BCUT2D eigenvalue weighted by atomic mass is 10.3. The Morgan fingerprint density at radius 1 is 1.19 bits per heavy atom. The molecule has 0 aromatic heterocycles. The highest BCUT2D eigenvalue weighted by atomic mass is 32.2. The second kappa shape index (κ2) is 7.02. The second-order valence-electron chi connectivity index (χ2n) is 5.04. The van der Waals surface area contributed by atoms with Crippen molar-refractivity contribution in [3.63, 3.8) is 0 Å². The van der Waals surface area contributed by atoms with Gasteiger partial charge in [-0.3, -0.25) is 4.79 Å². The zero-order valence-corrected chi connectivity index (χ0v) is 12.7. The van der Waals surface area contributed by atoms with E-state index in [0.717, 1.165) is 24.9 Å². The summed E-state index contributed by atoms with van der Waals surface area (Å²) >= 11 is 0. The fraction of sp³-hybridized carbons (Fsp3) is 0.500. The first-order valence-corrected chi connectivity index (χ1v) is 8.63. The van der Waals surface area contributed by atoms with Gasteiger partial charge in [-0.15, -0.1) is 0 Å². The summed E-state index contributed by atoms with van der Waals surface area (Å²) in [6.07, 6.45) is 2.92. The van der Waals surface area contributed by atoms with Crippen molar-refractivity contribution in [3.8, 4) is 0 Å². The maximum Gasteiger partial charge on any atom is 0.240 e. The van der Waals surface area contributed by atoms with Gasteiger partial charge < -0.3 is 10.6 Å². The van der Waals surface area contributed by atoms with Crippen molar-refractivity contribution in [1.29, 1.82) is 0 Å². The average molecular weight is 311 g/mol. The number of amides is 1. The summed E-state index contributed by atoms with van der Waals surface area (Å²) in [6, 6.07) is 6.42. The highest BCUT2D eigenvalue weighted by Crippen LogP contribution is 2.22. The summed E-state index contributed by atoms with van der Waals surface area (Å²) < 4.78 is 26.7.